The smallest absolute Gasteiger partial charge is 0.260 e. The maximum absolute atomic E-state index is 12.9. The van der Waals surface area contributed by atoms with E-state index in [1.54, 1.807) is 11.1 Å². The average molecular weight is 503 g/mol. The highest BCUT2D eigenvalue weighted by Gasteiger charge is 2.59. The van der Waals surface area contributed by atoms with Gasteiger partial charge < -0.3 is 18.9 Å². The Morgan fingerprint density at radius 2 is 1.70 bits per heavy atom. The Balaban J connectivity index is 1.13. The average Bonchev–Trinajstić information content (AvgIpc) is 3.66. The van der Waals surface area contributed by atoms with Crippen molar-refractivity contribution < 1.29 is 23.9 Å². The highest BCUT2D eigenvalue weighted by atomic mass is 16.5. The lowest BCUT2D eigenvalue weighted by Gasteiger charge is -2.26. The van der Waals surface area contributed by atoms with Gasteiger partial charge in [0.25, 0.3) is 17.7 Å². The van der Waals surface area contributed by atoms with Gasteiger partial charge in [-0.1, -0.05) is 12.2 Å². The quantitative estimate of drug-likeness (QED) is 0.344. The number of ether oxygens (including phenoxy) is 2. The second-order valence-electron chi connectivity index (χ2n) is 10.2. The van der Waals surface area contributed by atoms with E-state index in [0.717, 1.165) is 34.1 Å². The van der Waals surface area contributed by atoms with Crippen LogP contribution >= 0.6 is 0 Å². The first-order chi connectivity index (χ1) is 17.9. The monoisotopic (exact) mass is 502 g/mol. The Morgan fingerprint density at radius 1 is 1.05 bits per heavy atom. The van der Waals surface area contributed by atoms with Gasteiger partial charge in [0.15, 0.2) is 6.61 Å². The molecule has 2 aromatic rings. The molecule has 2 saturated heterocycles. The summed E-state index contributed by atoms with van der Waals surface area (Å²) in [7, 11) is 0. The van der Waals surface area contributed by atoms with Crippen molar-refractivity contribution in [2.24, 2.45) is 28.8 Å². The molecule has 192 valence electrons. The van der Waals surface area contributed by atoms with Gasteiger partial charge >= 0.3 is 0 Å². The Hall–Kier alpha value is -3.72. The van der Waals surface area contributed by atoms with Crippen molar-refractivity contribution in [1.82, 2.24) is 14.5 Å². The Bertz CT molecular complexity index is 1270. The maximum atomic E-state index is 12.9. The zero-order valence-electron chi connectivity index (χ0n) is 21.0. The normalized spacial score (nSPS) is 26.5. The van der Waals surface area contributed by atoms with Crippen molar-refractivity contribution in [2.75, 3.05) is 32.9 Å². The van der Waals surface area contributed by atoms with Crippen LogP contribution in [0, 0.1) is 37.5 Å². The van der Waals surface area contributed by atoms with Crippen molar-refractivity contribution in [3.05, 3.63) is 59.4 Å². The summed E-state index contributed by atoms with van der Waals surface area (Å²) in [5, 5.41) is 5.42. The first kappa shape index (κ1) is 23.7. The minimum Gasteiger partial charge on any atom is -0.484 e. The second kappa shape index (κ2) is 9.30. The zero-order chi connectivity index (χ0) is 25.7. The van der Waals surface area contributed by atoms with Gasteiger partial charge in [-0.2, -0.15) is 10.1 Å². The van der Waals surface area contributed by atoms with Crippen LogP contribution in [0.1, 0.15) is 23.4 Å². The molecule has 2 bridgehead atoms. The van der Waals surface area contributed by atoms with E-state index in [0.29, 0.717) is 32.1 Å². The topological polar surface area (TPSA) is 93.4 Å². The highest BCUT2D eigenvalue weighted by Crippen LogP contribution is 2.52. The first-order valence-electron chi connectivity index (χ1n) is 12.8. The summed E-state index contributed by atoms with van der Waals surface area (Å²) in [5.74, 6) is 0.0426. The zero-order valence-corrected chi connectivity index (χ0v) is 21.0. The molecule has 0 radical (unpaired) electrons. The molecular formula is C28H30N4O5. The molecule has 1 aromatic carbocycles. The summed E-state index contributed by atoms with van der Waals surface area (Å²) < 4.78 is 13.1. The molecule has 3 fully saturated rings. The molecule has 0 N–H and O–H groups in total. The molecule has 37 heavy (non-hydrogen) atoms. The Kier molecular flexibility index (Phi) is 5.95. The van der Waals surface area contributed by atoms with E-state index in [1.807, 2.05) is 44.2 Å². The van der Waals surface area contributed by atoms with E-state index >= 15 is 0 Å². The van der Waals surface area contributed by atoms with Gasteiger partial charge in [0.1, 0.15) is 5.75 Å². The number of morpholine rings is 1. The standard InChI is InChI=1S/C28H30N4O5/c1-17-13-21(15-29-32-27(34)25-19-3-4-20(14-19)26(25)28(32)35)18(2)31(17)22-5-7-23(8-6-22)37-16-24(33)30-9-11-36-12-10-30/h3-8,13,15,19-20,25-26H,9-12,14,16H2,1-2H3/t19-,20-,25-,26+/m0/s1. The fourth-order valence-corrected chi connectivity index (χ4v) is 6.18. The lowest BCUT2D eigenvalue weighted by atomic mass is 9.85. The molecular weight excluding hydrogens is 472 g/mol. The fourth-order valence-electron chi connectivity index (χ4n) is 6.18. The van der Waals surface area contributed by atoms with Crippen LogP contribution in [0.15, 0.2) is 47.6 Å². The van der Waals surface area contributed by atoms with E-state index in [4.69, 9.17) is 9.47 Å². The van der Waals surface area contributed by atoms with Gasteiger partial charge in [-0.3, -0.25) is 14.4 Å². The van der Waals surface area contributed by atoms with Gasteiger partial charge in [-0.15, -0.1) is 0 Å². The summed E-state index contributed by atoms with van der Waals surface area (Å²) in [4.78, 5) is 39.9. The van der Waals surface area contributed by atoms with Crippen molar-refractivity contribution in [3.8, 4) is 11.4 Å². The summed E-state index contributed by atoms with van der Waals surface area (Å²) in [6, 6.07) is 9.55. The predicted molar refractivity (Wildman–Crippen MR) is 135 cm³/mol. The van der Waals surface area contributed by atoms with Gasteiger partial charge in [0.2, 0.25) is 0 Å². The molecule has 6 rings (SSSR count). The number of benzene rings is 1. The Labute approximate surface area is 215 Å². The van der Waals surface area contributed by atoms with E-state index in [2.05, 4.69) is 21.8 Å². The van der Waals surface area contributed by atoms with Gasteiger partial charge in [-0.05, 0) is 62.4 Å². The molecule has 4 aliphatic rings. The number of carbonyl (C=O) groups is 3. The number of amides is 3. The van der Waals surface area contributed by atoms with Crippen LogP contribution in [-0.4, -0.2) is 71.3 Å². The molecule has 3 heterocycles. The fraction of sp³-hybridized carbons (Fsp3) is 0.429. The molecule has 1 aromatic heterocycles. The number of hydrogen-bond acceptors (Lipinski definition) is 6. The molecule has 2 aliphatic heterocycles. The molecule has 1 saturated carbocycles. The van der Waals surface area contributed by atoms with Crippen LogP contribution in [0.5, 0.6) is 5.75 Å². The van der Waals surface area contributed by atoms with E-state index < -0.39 is 0 Å². The van der Waals surface area contributed by atoms with Crippen LogP contribution in [0.2, 0.25) is 0 Å². The third kappa shape index (κ3) is 4.07. The second-order valence-corrected chi connectivity index (χ2v) is 10.2. The summed E-state index contributed by atoms with van der Waals surface area (Å²) in [6.07, 6.45) is 6.67. The van der Waals surface area contributed by atoms with Crippen LogP contribution in [0.3, 0.4) is 0 Å². The number of imide groups is 1. The lowest BCUT2D eigenvalue weighted by Crippen LogP contribution is -2.42. The number of nitrogens with zero attached hydrogens (tertiary/aromatic N) is 4. The first-order valence-corrected chi connectivity index (χ1v) is 12.8. The minimum absolute atomic E-state index is 0.00521. The maximum Gasteiger partial charge on any atom is 0.260 e. The molecule has 9 nitrogen and oxygen atoms in total. The molecule has 9 heteroatoms. The molecule has 2 aliphatic carbocycles. The van der Waals surface area contributed by atoms with Crippen LogP contribution in [-0.2, 0) is 19.1 Å². The largest absolute Gasteiger partial charge is 0.484 e. The number of rotatable bonds is 6. The molecule has 0 spiro atoms. The van der Waals surface area contributed by atoms with Crippen LogP contribution in [0.25, 0.3) is 5.69 Å². The number of hydrazone groups is 1. The Morgan fingerprint density at radius 3 is 2.35 bits per heavy atom. The lowest BCUT2D eigenvalue weighted by molar-refractivity contribution is -0.140. The number of fused-ring (bicyclic) bond motifs is 5. The number of aryl methyl sites for hydroxylation is 1. The van der Waals surface area contributed by atoms with Crippen molar-refractivity contribution in [1.29, 1.82) is 0 Å². The number of carbonyl (C=O) groups excluding carboxylic acids is 3. The van der Waals surface area contributed by atoms with Gasteiger partial charge in [0, 0.05) is 35.7 Å². The predicted octanol–water partition coefficient (Wildman–Crippen LogP) is 2.47. The van der Waals surface area contributed by atoms with E-state index in [9.17, 15) is 14.4 Å². The van der Waals surface area contributed by atoms with E-state index in [1.165, 1.54) is 0 Å². The summed E-state index contributed by atoms with van der Waals surface area (Å²) >= 11 is 0. The molecule has 3 amide bonds. The van der Waals surface area contributed by atoms with E-state index in [-0.39, 0.29) is 48.0 Å². The third-order valence-electron chi connectivity index (χ3n) is 8.05. The van der Waals surface area contributed by atoms with Gasteiger partial charge in [0.05, 0.1) is 31.3 Å². The van der Waals surface area contributed by atoms with Gasteiger partial charge in [-0.25, -0.2) is 0 Å². The van der Waals surface area contributed by atoms with Crippen molar-refractivity contribution in [2.45, 2.75) is 20.3 Å². The number of aromatic nitrogens is 1. The SMILES string of the molecule is Cc1cc(C=NN2C(=O)[C@@H]3[C@H](C2=O)[C@H]2C=C[C@H]3C2)c(C)n1-c1ccc(OCC(=O)N2CCOCC2)cc1. The van der Waals surface area contributed by atoms with Crippen molar-refractivity contribution >= 4 is 23.9 Å². The summed E-state index contributed by atoms with van der Waals surface area (Å²) in [6.45, 7) is 6.28. The van der Waals surface area contributed by atoms with Crippen LogP contribution in [0.4, 0.5) is 0 Å². The third-order valence-corrected chi connectivity index (χ3v) is 8.05. The number of allylic oxidation sites excluding steroid dienone is 2. The molecule has 0 unspecified atom stereocenters. The highest BCUT2D eigenvalue weighted by molar-refractivity contribution is 6.06. The number of hydrogen-bond donors (Lipinski definition) is 0. The minimum atomic E-state index is -0.253. The van der Waals surface area contributed by atoms with Crippen LogP contribution < -0.4 is 4.74 Å². The van der Waals surface area contributed by atoms with Crippen molar-refractivity contribution in [3.63, 3.8) is 0 Å². The summed E-state index contributed by atoms with van der Waals surface area (Å²) in [5.41, 5.74) is 3.71. The molecule has 4 atom stereocenters.